The molecule has 0 spiro atoms. The first-order valence-electron chi connectivity index (χ1n) is 22.4. The van der Waals surface area contributed by atoms with E-state index in [4.69, 9.17) is 14.2 Å². The van der Waals surface area contributed by atoms with Crippen LogP contribution in [0.5, 0.6) is 0 Å². The summed E-state index contributed by atoms with van der Waals surface area (Å²) in [7, 11) is 0. The summed E-state index contributed by atoms with van der Waals surface area (Å²) >= 11 is 0. The van der Waals surface area contributed by atoms with Gasteiger partial charge >= 0.3 is 17.9 Å². The first-order valence-corrected chi connectivity index (χ1v) is 22.4. The lowest BCUT2D eigenvalue weighted by Crippen LogP contribution is -2.30. The molecule has 302 valence electrons. The van der Waals surface area contributed by atoms with Gasteiger partial charge in [-0.25, -0.2) is 0 Å². The second-order valence-corrected chi connectivity index (χ2v) is 15.6. The molecule has 0 aromatic rings. The average molecular weight is 723 g/mol. The molecule has 0 aliphatic carbocycles. The molecule has 0 saturated carbocycles. The summed E-state index contributed by atoms with van der Waals surface area (Å²) in [6.45, 7) is 8.95. The molecule has 1 unspecified atom stereocenters. The first-order chi connectivity index (χ1) is 24.9. The molecule has 6 nitrogen and oxygen atoms in total. The van der Waals surface area contributed by atoms with E-state index in [1.807, 2.05) is 0 Å². The predicted octanol–water partition coefficient (Wildman–Crippen LogP) is 13.9. The minimum absolute atomic E-state index is 0.0646. The van der Waals surface area contributed by atoms with E-state index in [0.29, 0.717) is 19.3 Å². The smallest absolute Gasteiger partial charge is 0.306 e. The van der Waals surface area contributed by atoms with Gasteiger partial charge in [0.15, 0.2) is 6.10 Å². The fourth-order valence-corrected chi connectivity index (χ4v) is 6.59. The Hall–Kier alpha value is -1.59. The van der Waals surface area contributed by atoms with E-state index < -0.39 is 6.10 Å². The van der Waals surface area contributed by atoms with Crippen molar-refractivity contribution in [1.29, 1.82) is 0 Å². The summed E-state index contributed by atoms with van der Waals surface area (Å²) in [5.74, 6) is -0.0459. The van der Waals surface area contributed by atoms with Gasteiger partial charge in [-0.05, 0) is 25.2 Å². The Kier molecular flexibility index (Phi) is 38.4. The number of rotatable bonds is 40. The van der Waals surface area contributed by atoms with E-state index in [0.717, 1.165) is 63.7 Å². The molecular formula is C45H86O6. The normalized spacial score (nSPS) is 12.5. The third-order valence-electron chi connectivity index (χ3n) is 10.4. The highest BCUT2D eigenvalue weighted by atomic mass is 16.6. The Labute approximate surface area is 317 Å². The van der Waals surface area contributed by atoms with Crippen LogP contribution in [0.3, 0.4) is 0 Å². The number of ether oxygens (including phenoxy) is 3. The largest absolute Gasteiger partial charge is 0.462 e. The van der Waals surface area contributed by atoms with Gasteiger partial charge in [-0.1, -0.05) is 207 Å². The molecule has 0 heterocycles. The highest BCUT2D eigenvalue weighted by Gasteiger charge is 2.19. The number of hydrogen-bond acceptors (Lipinski definition) is 6. The van der Waals surface area contributed by atoms with Crippen molar-refractivity contribution in [2.24, 2.45) is 5.92 Å². The van der Waals surface area contributed by atoms with E-state index in [9.17, 15) is 14.4 Å². The van der Waals surface area contributed by atoms with Crippen LogP contribution in [0.2, 0.25) is 0 Å². The zero-order valence-corrected chi connectivity index (χ0v) is 34.6. The standard InChI is InChI=1S/C45H86O6/c1-5-8-10-12-14-16-17-18-19-20-22-23-28-32-36-43(46)49-39-42(51-45(48)38-34-30-24-21-15-13-11-9-6-2)40-50-44(47)37-33-29-26-25-27-31-35-41(4)7-3/h41-42H,5-40H2,1-4H3/t41?,42-/m1/s1. The fourth-order valence-electron chi connectivity index (χ4n) is 6.59. The average Bonchev–Trinajstić information content (AvgIpc) is 3.13. The lowest BCUT2D eigenvalue weighted by atomic mass is 10.00. The number of carbonyl (C=O) groups is 3. The van der Waals surface area contributed by atoms with Crippen molar-refractivity contribution >= 4 is 17.9 Å². The quantitative estimate of drug-likeness (QED) is 0.0356. The summed E-state index contributed by atoms with van der Waals surface area (Å²) in [6, 6.07) is 0. The van der Waals surface area contributed by atoms with Crippen molar-refractivity contribution in [2.45, 2.75) is 252 Å². The summed E-state index contributed by atoms with van der Waals surface area (Å²) in [6.07, 6.45) is 38.0. The molecule has 0 fully saturated rings. The molecule has 0 saturated heterocycles. The van der Waals surface area contributed by atoms with E-state index >= 15 is 0 Å². The topological polar surface area (TPSA) is 78.9 Å². The fraction of sp³-hybridized carbons (Fsp3) is 0.933. The molecule has 0 radical (unpaired) electrons. The van der Waals surface area contributed by atoms with Crippen molar-refractivity contribution in [3.63, 3.8) is 0 Å². The lowest BCUT2D eigenvalue weighted by Gasteiger charge is -2.18. The second-order valence-electron chi connectivity index (χ2n) is 15.6. The number of esters is 3. The third kappa shape index (κ3) is 38.0. The van der Waals surface area contributed by atoms with Gasteiger partial charge in [-0.15, -0.1) is 0 Å². The summed E-state index contributed by atoms with van der Waals surface area (Å²) in [5, 5.41) is 0. The number of unbranched alkanes of at least 4 members (excludes halogenated alkanes) is 26. The Balaban J connectivity index is 4.30. The SMILES string of the molecule is CCCCCCCCCCCCCCCCC(=O)OC[C@H](COC(=O)CCCCCCCCC(C)CC)OC(=O)CCCCCCCCCCC. The minimum Gasteiger partial charge on any atom is -0.462 e. The summed E-state index contributed by atoms with van der Waals surface area (Å²) in [4.78, 5) is 37.6. The van der Waals surface area contributed by atoms with Crippen LogP contribution in [0.1, 0.15) is 246 Å². The van der Waals surface area contributed by atoms with Crippen LogP contribution >= 0.6 is 0 Å². The highest BCUT2D eigenvalue weighted by Crippen LogP contribution is 2.16. The van der Waals surface area contributed by atoms with Gasteiger partial charge in [0.05, 0.1) is 0 Å². The maximum absolute atomic E-state index is 12.6. The molecule has 6 heteroatoms. The minimum atomic E-state index is -0.759. The van der Waals surface area contributed by atoms with Crippen LogP contribution in [0.15, 0.2) is 0 Å². The zero-order valence-electron chi connectivity index (χ0n) is 34.6. The molecule has 0 amide bonds. The Bertz CT molecular complexity index is 768. The van der Waals surface area contributed by atoms with Crippen LogP contribution in [0.25, 0.3) is 0 Å². The van der Waals surface area contributed by atoms with Gasteiger partial charge in [0.25, 0.3) is 0 Å². The first kappa shape index (κ1) is 49.4. The molecule has 0 bridgehead atoms. The van der Waals surface area contributed by atoms with Crippen molar-refractivity contribution in [3.8, 4) is 0 Å². The van der Waals surface area contributed by atoms with Crippen LogP contribution in [0, 0.1) is 5.92 Å². The van der Waals surface area contributed by atoms with Crippen LogP contribution in [-0.2, 0) is 28.6 Å². The van der Waals surface area contributed by atoms with Gasteiger partial charge in [0.1, 0.15) is 13.2 Å². The maximum Gasteiger partial charge on any atom is 0.306 e. The van der Waals surface area contributed by atoms with E-state index in [1.54, 1.807) is 0 Å². The molecule has 0 N–H and O–H groups in total. The molecule has 0 aliphatic heterocycles. The molecule has 0 aromatic carbocycles. The molecule has 2 atom stereocenters. The summed E-state index contributed by atoms with van der Waals surface area (Å²) in [5.41, 5.74) is 0. The Morgan fingerprint density at radius 1 is 0.392 bits per heavy atom. The van der Waals surface area contributed by atoms with Crippen LogP contribution in [-0.4, -0.2) is 37.2 Å². The third-order valence-corrected chi connectivity index (χ3v) is 10.4. The second kappa shape index (κ2) is 39.6. The highest BCUT2D eigenvalue weighted by molar-refractivity contribution is 5.71. The van der Waals surface area contributed by atoms with E-state index in [-0.39, 0.29) is 31.1 Å². The summed E-state index contributed by atoms with van der Waals surface area (Å²) < 4.78 is 16.7. The van der Waals surface area contributed by atoms with Gasteiger partial charge < -0.3 is 14.2 Å². The van der Waals surface area contributed by atoms with E-state index in [1.165, 1.54) is 141 Å². The van der Waals surface area contributed by atoms with Crippen LogP contribution in [0.4, 0.5) is 0 Å². The number of hydrogen-bond donors (Lipinski definition) is 0. The van der Waals surface area contributed by atoms with Crippen molar-refractivity contribution in [1.82, 2.24) is 0 Å². The van der Waals surface area contributed by atoms with Gasteiger partial charge in [0, 0.05) is 19.3 Å². The van der Waals surface area contributed by atoms with Gasteiger partial charge in [0.2, 0.25) is 0 Å². The molecule has 0 aliphatic rings. The van der Waals surface area contributed by atoms with Gasteiger partial charge in [-0.2, -0.15) is 0 Å². The predicted molar refractivity (Wildman–Crippen MR) is 215 cm³/mol. The Morgan fingerprint density at radius 3 is 1.02 bits per heavy atom. The Morgan fingerprint density at radius 2 is 0.686 bits per heavy atom. The van der Waals surface area contributed by atoms with Crippen molar-refractivity contribution < 1.29 is 28.6 Å². The molecule has 0 aromatic heterocycles. The van der Waals surface area contributed by atoms with E-state index in [2.05, 4.69) is 27.7 Å². The monoisotopic (exact) mass is 723 g/mol. The lowest BCUT2D eigenvalue weighted by molar-refractivity contribution is -0.167. The van der Waals surface area contributed by atoms with Crippen LogP contribution < -0.4 is 0 Å². The van der Waals surface area contributed by atoms with Gasteiger partial charge in [-0.3, -0.25) is 14.4 Å². The maximum atomic E-state index is 12.6. The van der Waals surface area contributed by atoms with Crippen molar-refractivity contribution in [3.05, 3.63) is 0 Å². The molecular weight excluding hydrogens is 636 g/mol. The van der Waals surface area contributed by atoms with Crippen molar-refractivity contribution in [2.75, 3.05) is 13.2 Å². The number of carbonyl (C=O) groups excluding carboxylic acids is 3. The molecule has 0 rings (SSSR count). The zero-order chi connectivity index (χ0) is 37.5. The molecule has 51 heavy (non-hydrogen) atoms.